The van der Waals surface area contributed by atoms with Crippen molar-refractivity contribution in [2.75, 3.05) is 7.11 Å². The van der Waals surface area contributed by atoms with E-state index in [-0.39, 0.29) is 68.9 Å². The number of rotatable bonds is 4. The zero-order chi connectivity index (χ0) is 11.4. The Balaban J connectivity index is 0.00000144. The van der Waals surface area contributed by atoms with Crippen LogP contribution in [0.5, 0.6) is 5.75 Å². The summed E-state index contributed by atoms with van der Waals surface area (Å²) in [7, 11) is 1.70. The SMILES string of the molecule is COc1cccc(CSC2C[C@@H](C)[CH-]O2)c1.[Cs+]. The predicted molar refractivity (Wildman–Crippen MR) is 67.2 cm³/mol. The normalized spacial score (nSPS) is 23.2. The number of hydrogen-bond acceptors (Lipinski definition) is 3. The van der Waals surface area contributed by atoms with Crippen molar-refractivity contribution in [2.45, 2.75) is 24.5 Å². The van der Waals surface area contributed by atoms with Gasteiger partial charge in [-0.3, -0.25) is 0 Å². The average Bonchev–Trinajstić information content (AvgIpc) is 2.73. The van der Waals surface area contributed by atoms with Gasteiger partial charge in [0.25, 0.3) is 0 Å². The molecule has 0 aromatic heterocycles. The van der Waals surface area contributed by atoms with Gasteiger partial charge in [0, 0.05) is 5.75 Å². The molecule has 2 rings (SSSR count). The smallest absolute Gasteiger partial charge is 0.542 e. The molecule has 1 saturated heterocycles. The fourth-order valence-corrected chi connectivity index (χ4v) is 2.84. The molecule has 2 nitrogen and oxygen atoms in total. The quantitative estimate of drug-likeness (QED) is 0.719. The molecule has 2 atom stereocenters. The van der Waals surface area contributed by atoms with Crippen LogP contribution in [-0.2, 0) is 10.5 Å². The second-order valence-electron chi connectivity index (χ2n) is 4.08. The Hall–Kier alpha value is 1.38. The summed E-state index contributed by atoms with van der Waals surface area (Å²) in [6.45, 7) is 4.13. The largest absolute Gasteiger partial charge is 1.00 e. The van der Waals surface area contributed by atoms with Gasteiger partial charge in [-0.05, 0) is 24.1 Å². The number of ether oxygens (including phenoxy) is 2. The van der Waals surface area contributed by atoms with E-state index in [1.807, 2.05) is 30.5 Å². The Kier molecular flexibility index (Phi) is 8.25. The molecule has 1 fully saturated rings. The molecule has 0 amide bonds. The van der Waals surface area contributed by atoms with E-state index in [1.54, 1.807) is 7.11 Å². The van der Waals surface area contributed by atoms with Gasteiger partial charge in [0.2, 0.25) is 0 Å². The van der Waals surface area contributed by atoms with Crippen LogP contribution in [0.4, 0.5) is 0 Å². The first kappa shape index (κ1) is 16.4. The maximum Gasteiger partial charge on any atom is 1.00 e. The van der Waals surface area contributed by atoms with Gasteiger partial charge in [-0.2, -0.15) is 0 Å². The van der Waals surface area contributed by atoms with Gasteiger partial charge in [0.15, 0.2) is 0 Å². The van der Waals surface area contributed by atoms with Crippen molar-refractivity contribution in [2.24, 2.45) is 5.92 Å². The first-order valence-corrected chi connectivity index (χ1v) is 6.56. The van der Waals surface area contributed by atoms with Crippen molar-refractivity contribution in [3.63, 3.8) is 0 Å². The van der Waals surface area contributed by atoms with Crippen LogP contribution in [0.1, 0.15) is 18.9 Å². The first-order chi connectivity index (χ1) is 7.78. The van der Waals surface area contributed by atoms with Gasteiger partial charge in [-0.15, -0.1) is 17.7 Å². The zero-order valence-electron chi connectivity index (χ0n) is 10.7. The molecule has 0 saturated carbocycles. The van der Waals surface area contributed by atoms with Gasteiger partial charge in [-0.1, -0.05) is 19.1 Å². The molecule has 17 heavy (non-hydrogen) atoms. The van der Waals surface area contributed by atoms with Crippen molar-refractivity contribution in [3.05, 3.63) is 36.4 Å². The minimum atomic E-state index is 0. The fourth-order valence-electron chi connectivity index (χ4n) is 1.70. The molecule has 4 heteroatoms. The molecule has 0 radical (unpaired) electrons. The van der Waals surface area contributed by atoms with E-state index in [4.69, 9.17) is 9.47 Å². The van der Waals surface area contributed by atoms with Crippen molar-refractivity contribution >= 4 is 11.8 Å². The van der Waals surface area contributed by atoms with Gasteiger partial charge >= 0.3 is 68.9 Å². The molecule has 1 unspecified atom stereocenters. The molecule has 88 valence electrons. The first-order valence-electron chi connectivity index (χ1n) is 5.51. The topological polar surface area (TPSA) is 18.5 Å². The maximum absolute atomic E-state index is 5.55. The minimum absolute atomic E-state index is 0. The number of methoxy groups -OCH3 is 1. The summed E-state index contributed by atoms with van der Waals surface area (Å²) in [6.07, 6.45) is 1.12. The molecule has 1 aliphatic rings. The zero-order valence-corrected chi connectivity index (χ0v) is 17.8. The number of thioether (sulfide) groups is 1. The minimum Gasteiger partial charge on any atom is -0.542 e. The molecule has 1 aromatic carbocycles. The molecule has 0 spiro atoms. The van der Waals surface area contributed by atoms with Gasteiger partial charge in [-0.25, -0.2) is 6.61 Å². The van der Waals surface area contributed by atoms with Crippen LogP contribution in [0, 0.1) is 12.5 Å². The summed E-state index contributed by atoms with van der Waals surface area (Å²) in [5.74, 6) is 2.48. The van der Waals surface area contributed by atoms with Crippen LogP contribution in [0.3, 0.4) is 0 Å². The number of benzene rings is 1. The predicted octanol–water partition coefficient (Wildman–Crippen LogP) is 0.477. The second kappa shape index (κ2) is 8.53. The molecule has 0 aliphatic carbocycles. The van der Waals surface area contributed by atoms with Crippen LogP contribution in [0.2, 0.25) is 0 Å². The fraction of sp³-hybridized carbons (Fsp3) is 0.462. The van der Waals surface area contributed by atoms with Crippen LogP contribution in [0.25, 0.3) is 0 Å². The summed E-state index contributed by atoms with van der Waals surface area (Å²) in [4.78, 5) is 0. The Morgan fingerprint density at radius 2 is 2.35 bits per heavy atom. The Bertz CT molecular complexity index is 346. The van der Waals surface area contributed by atoms with E-state index in [0.717, 1.165) is 17.9 Å². The molecular weight excluding hydrogens is 353 g/mol. The van der Waals surface area contributed by atoms with Gasteiger partial charge in [0.05, 0.1) is 12.5 Å². The van der Waals surface area contributed by atoms with Crippen molar-refractivity contribution in [1.82, 2.24) is 0 Å². The van der Waals surface area contributed by atoms with Crippen LogP contribution >= 0.6 is 11.8 Å². The van der Waals surface area contributed by atoms with Gasteiger partial charge in [0.1, 0.15) is 5.75 Å². The van der Waals surface area contributed by atoms with Crippen LogP contribution in [0.15, 0.2) is 24.3 Å². The van der Waals surface area contributed by atoms with Crippen LogP contribution in [-0.4, -0.2) is 12.5 Å². The molecule has 0 bridgehead atoms. The molecular formula is C13H17CsO2S. The summed E-state index contributed by atoms with van der Waals surface area (Å²) < 4.78 is 10.7. The average molecular weight is 370 g/mol. The summed E-state index contributed by atoms with van der Waals surface area (Å²) in [5.41, 5.74) is 1.61. The van der Waals surface area contributed by atoms with E-state index >= 15 is 0 Å². The Labute approximate surface area is 167 Å². The van der Waals surface area contributed by atoms with Crippen molar-refractivity contribution < 1.29 is 78.4 Å². The maximum atomic E-state index is 5.55. The van der Waals surface area contributed by atoms with E-state index in [9.17, 15) is 0 Å². The van der Waals surface area contributed by atoms with Crippen molar-refractivity contribution in [1.29, 1.82) is 0 Å². The molecule has 1 heterocycles. The van der Waals surface area contributed by atoms with E-state index < -0.39 is 0 Å². The third kappa shape index (κ3) is 5.49. The summed E-state index contributed by atoms with van der Waals surface area (Å²) in [5, 5.41) is 0. The molecule has 0 N–H and O–H groups in total. The molecule has 1 aromatic rings. The summed E-state index contributed by atoms with van der Waals surface area (Å²) in [6, 6.07) is 8.20. The third-order valence-electron chi connectivity index (χ3n) is 2.60. The van der Waals surface area contributed by atoms with E-state index in [2.05, 4.69) is 19.1 Å². The summed E-state index contributed by atoms with van der Waals surface area (Å²) >= 11 is 1.85. The van der Waals surface area contributed by atoms with E-state index in [0.29, 0.717) is 11.4 Å². The monoisotopic (exact) mass is 370 g/mol. The Morgan fingerprint density at radius 3 is 3.00 bits per heavy atom. The van der Waals surface area contributed by atoms with Crippen LogP contribution < -0.4 is 73.6 Å². The second-order valence-corrected chi connectivity index (χ2v) is 5.23. The number of hydrogen-bond donors (Lipinski definition) is 0. The molecule has 1 aliphatic heterocycles. The Morgan fingerprint density at radius 1 is 1.53 bits per heavy atom. The van der Waals surface area contributed by atoms with Crippen molar-refractivity contribution in [3.8, 4) is 5.75 Å². The third-order valence-corrected chi connectivity index (χ3v) is 3.77. The standard InChI is InChI=1S/C13H17O2S.Cs/c1-10-6-13(15-8-10)16-9-11-4-3-5-12(7-11)14-2;/h3-5,7-8,10,13H,6,9H2,1-2H3;/q-1;+1/t10-,13?;/m1./s1. The van der Waals surface area contributed by atoms with E-state index in [1.165, 1.54) is 5.56 Å². The van der Waals surface area contributed by atoms with Gasteiger partial charge < -0.3 is 9.47 Å².